The summed E-state index contributed by atoms with van der Waals surface area (Å²) in [6, 6.07) is 16.0. The number of hydroxylamine groups is 1. The van der Waals surface area contributed by atoms with Crippen molar-refractivity contribution in [2.24, 2.45) is 0 Å². The minimum Gasteiger partial charge on any atom is -0.368 e. The molecule has 1 amide bonds. The van der Waals surface area contributed by atoms with Crippen molar-refractivity contribution in [3.63, 3.8) is 0 Å². The average Bonchev–Trinajstić information content (AvgIpc) is 2.79. The van der Waals surface area contributed by atoms with Crippen LogP contribution in [-0.2, 0) is 4.79 Å². The number of allylic oxidation sites excluding steroid dienone is 1. The predicted molar refractivity (Wildman–Crippen MR) is 124 cm³/mol. The van der Waals surface area contributed by atoms with Gasteiger partial charge in [0, 0.05) is 42.5 Å². The normalized spacial score (nSPS) is 19.8. The number of amides is 1. The molecule has 1 aliphatic rings. The Morgan fingerprint density at radius 1 is 0.968 bits per heavy atom. The zero-order valence-electron chi connectivity index (χ0n) is 18.2. The van der Waals surface area contributed by atoms with Crippen molar-refractivity contribution in [1.82, 2.24) is 10.4 Å². The summed E-state index contributed by atoms with van der Waals surface area (Å²) >= 11 is 0. The van der Waals surface area contributed by atoms with Crippen LogP contribution >= 0.6 is 0 Å². The summed E-state index contributed by atoms with van der Waals surface area (Å²) in [5.74, 6) is -0.643. The lowest BCUT2D eigenvalue weighted by atomic mass is 10.0. The Morgan fingerprint density at radius 2 is 1.58 bits per heavy atom. The zero-order valence-corrected chi connectivity index (χ0v) is 18.2. The molecule has 1 fully saturated rings. The molecule has 0 saturated carbocycles. The lowest BCUT2D eigenvalue weighted by molar-refractivity contribution is -0.124. The first-order valence-electron chi connectivity index (χ1n) is 10.4. The number of nitrogens with one attached hydrogen (secondary N) is 1. The van der Waals surface area contributed by atoms with Gasteiger partial charge in [0.15, 0.2) is 5.78 Å². The molecule has 0 bridgehead atoms. The van der Waals surface area contributed by atoms with Gasteiger partial charge in [-0.25, -0.2) is 5.48 Å². The van der Waals surface area contributed by atoms with Crippen LogP contribution in [0.3, 0.4) is 0 Å². The Morgan fingerprint density at radius 3 is 2.23 bits per heavy atom. The number of hydrogen-bond acceptors (Lipinski definition) is 5. The topological polar surface area (TPSA) is 72.9 Å². The number of para-hydroxylation sites is 1. The minimum absolute atomic E-state index is 0.0459. The molecule has 1 heterocycles. The fraction of sp³-hybridized carbons (Fsp3) is 0.280. The summed E-state index contributed by atoms with van der Waals surface area (Å²) < 4.78 is 0. The molecule has 0 aliphatic carbocycles. The van der Waals surface area contributed by atoms with E-state index >= 15 is 0 Å². The number of likely N-dealkylation sites (N-methyl/N-ethyl adjacent to an activating group) is 1. The standard InChI is InChI=1S/C25H29N3O3/c1-18-16-28(17-19(2)27(18)3)23-10-5-4-9-22(23)24(29)13-11-20-7-6-8-21(15-20)12-14-25(30)26-31/h4-15,18-19,31H,16-17H2,1-3H3,(H,26,30)/b13-11+,14-12+/t18-,19+. The Kier molecular flexibility index (Phi) is 7.39. The molecule has 0 radical (unpaired) electrons. The van der Waals surface area contributed by atoms with E-state index in [0.29, 0.717) is 17.6 Å². The second-order valence-corrected chi connectivity index (χ2v) is 7.96. The predicted octanol–water partition coefficient (Wildman–Crippen LogP) is 3.63. The van der Waals surface area contributed by atoms with Crippen molar-refractivity contribution in [1.29, 1.82) is 0 Å². The lowest BCUT2D eigenvalue weighted by Gasteiger charge is -2.44. The molecule has 2 aromatic carbocycles. The average molecular weight is 420 g/mol. The van der Waals surface area contributed by atoms with E-state index in [1.165, 1.54) is 6.08 Å². The number of carbonyl (C=O) groups is 2. The molecular weight excluding hydrogens is 390 g/mol. The number of benzene rings is 2. The first-order valence-corrected chi connectivity index (χ1v) is 10.4. The first kappa shape index (κ1) is 22.5. The number of hydrogen-bond donors (Lipinski definition) is 2. The summed E-state index contributed by atoms with van der Waals surface area (Å²) in [6.45, 7) is 6.17. The lowest BCUT2D eigenvalue weighted by Crippen LogP contribution is -2.55. The molecule has 31 heavy (non-hydrogen) atoms. The maximum atomic E-state index is 13.0. The van der Waals surface area contributed by atoms with Crippen LogP contribution in [0, 0.1) is 0 Å². The first-order chi connectivity index (χ1) is 14.9. The second kappa shape index (κ2) is 10.2. The Bertz CT molecular complexity index is 987. The molecule has 3 rings (SSSR count). The van der Waals surface area contributed by atoms with Gasteiger partial charge in [0.25, 0.3) is 5.91 Å². The largest absolute Gasteiger partial charge is 0.368 e. The van der Waals surface area contributed by atoms with Crippen LogP contribution in [0.2, 0.25) is 0 Å². The molecule has 162 valence electrons. The summed E-state index contributed by atoms with van der Waals surface area (Å²) in [5, 5.41) is 8.57. The van der Waals surface area contributed by atoms with Gasteiger partial charge in [-0.1, -0.05) is 36.4 Å². The van der Waals surface area contributed by atoms with Gasteiger partial charge in [0.05, 0.1) is 0 Å². The van der Waals surface area contributed by atoms with Crippen LogP contribution in [0.25, 0.3) is 12.2 Å². The number of rotatable bonds is 6. The van der Waals surface area contributed by atoms with Gasteiger partial charge in [-0.3, -0.25) is 19.7 Å². The van der Waals surface area contributed by atoms with Crippen molar-refractivity contribution in [3.8, 4) is 0 Å². The molecule has 6 nitrogen and oxygen atoms in total. The monoisotopic (exact) mass is 419 g/mol. The molecule has 0 unspecified atom stereocenters. The van der Waals surface area contributed by atoms with Crippen molar-refractivity contribution >= 4 is 29.5 Å². The molecular formula is C25H29N3O3. The highest BCUT2D eigenvalue weighted by atomic mass is 16.5. The Balaban J connectivity index is 1.78. The molecule has 2 aromatic rings. The third-order valence-corrected chi connectivity index (χ3v) is 5.75. The fourth-order valence-electron chi connectivity index (χ4n) is 3.80. The van der Waals surface area contributed by atoms with Gasteiger partial charge in [-0.05, 0) is 62.4 Å². The molecule has 6 heteroatoms. The highest BCUT2D eigenvalue weighted by molar-refractivity contribution is 6.10. The quantitative estimate of drug-likeness (QED) is 0.324. The number of anilines is 1. The fourth-order valence-corrected chi connectivity index (χ4v) is 3.80. The van der Waals surface area contributed by atoms with Gasteiger partial charge >= 0.3 is 0 Å². The molecule has 2 N–H and O–H groups in total. The van der Waals surface area contributed by atoms with Gasteiger partial charge in [0.2, 0.25) is 0 Å². The maximum absolute atomic E-state index is 13.0. The van der Waals surface area contributed by atoms with Gasteiger partial charge in [-0.15, -0.1) is 0 Å². The van der Waals surface area contributed by atoms with E-state index in [0.717, 1.165) is 29.9 Å². The molecule has 2 atom stereocenters. The molecule has 0 spiro atoms. The molecule has 1 aliphatic heterocycles. The van der Waals surface area contributed by atoms with Crippen LogP contribution in [-0.4, -0.2) is 54.0 Å². The number of piperazine rings is 1. The smallest absolute Gasteiger partial charge is 0.267 e. The van der Waals surface area contributed by atoms with Gasteiger partial charge in [-0.2, -0.15) is 0 Å². The third-order valence-electron chi connectivity index (χ3n) is 5.75. The highest BCUT2D eigenvalue weighted by Gasteiger charge is 2.28. The minimum atomic E-state index is -0.597. The van der Waals surface area contributed by atoms with E-state index < -0.39 is 5.91 Å². The molecule has 0 aromatic heterocycles. The van der Waals surface area contributed by atoms with E-state index in [1.807, 2.05) is 48.5 Å². The van der Waals surface area contributed by atoms with Crippen LogP contribution in [0.15, 0.2) is 60.7 Å². The maximum Gasteiger partial charge on any atom is 0.267 e. The second-order valence-electron chi connectivity index (χ2n) is 7.96. The number of carbonyl (C=O) groups excluding carboxylic acids is 2. The van der Waals surface area contributed by atoms with Crippen LogP contribution in [0.4, 0.5) is 5.69 Å². The van der Waals surface area contributed by atoms with Crippen LogP contribution in [0.5, 0.6) is 0 Å². The summed E-state index contributed by atoms with van der Waals surface area (Å²) in [7, 11) is 2.14. The molecule has 1 saturated heterocycles. The SMILES string of the molecule is C[C@@H]1CN(c2ccccc2C(=O)/C=C/c2cccc(/C=C/C(=O)NO)c2)C[C@H](C)N1C. The van der Waals surface area contributed by atoms with Crippen LogP contribution in [0.1, 0.15) is 35.3 Å². The van der Waals surface area contributed by atoms with Crippen LogP contribution < -0.4 is 10.4 Å². The third kappa shape index (κ3) is 5.69. The van der Waals surface area contributed by atoms with Crippen molar-refractivity contribution in [3.05, 3.63) is 77.4 Å². The van der Waals surface area contributed by atoms with Crippen molar-refractivity contribution in [2.45, 2.75) is 25.9 Å². The number of ketones is 1. The Hall–Kier alpha value is -3.22. The van der Waals surface area contributed by atoms with Gasteiger partial charge in [0.1, 0.15) is 0 Å². The van der Waals surface area contributed by atoms with Crippen molar-refractivity contribution in [2.75, 3.05) is 25.0 Å². The van der Waals surface area contributed by atoms with E-state index in [4.69, 9.17) is 5.21 Å². The highest BCUT2D eigenvalue weighted by Crippen LogP contribution is 2.26. The summed E-state index contributed by atoms with van der Waals surface area (Å²) in [5.41, 5.74) is 4.86. The Labute approximate surface area is 183 Å². The van der Waals surface area contributed by atoms with E-state index in [9.17, 15) is 9.59 Å². The van der Waals surface area contributed by atoms with E-state index in [-0.39, 0.29) is 5.78 Å². The summed E-state index contributed by atoms with van der Waals surface area (Å²) in [4.78, 5) is 28.8. The van der Waals surface area contributed by atoms with Gasteiger partial charge < -0.3 is 4.90 Å². The summed E-state index contributed by atoms with van der Waals surface area (Å²) in [6.07, 6.45) is 6.20. The number of nitrogens with zero attached hydrogens (tertiary/aromatic N) is 2. The van der Waals surface area contributed by atoms with E-state index in [2.05, 4.69) is 30.7 Å². The van der Waals surface area contributed by atoms with E-state index in [1.54, 1.807) is 23.7 Å². The van der Waals surface area contributed by atoms with Crippen molar-refractivity contribution < 1.29 is 14.8 Å². The zero-order chi connectivity index (χ0) is 22.4.